The maximum atomic E-state index is 13.1. The highest BCUT2D eigenvalue weighted by Crippen LogP contribution is 2.23. The van der Waals surface area contributed by atoms with Gasteiger partial charge < -0.3 is 10.2 Å². The Kier molecular flexibility index (Phi) is 5.03. The van der Waals surface area contributed by atoms with Crippen molar-refractivity contribution in [3.8, 4) is 0 Å². The Morgan fingerprint density at radius 1 is 1.50 bits per heavy atom. The summed E-state index contributed by atoms with van der Waals surface area (Å²) in [6.07, 6.45) is 1.82. The lowest BCUT2D eigenvalue weighted by molar-refractivity contribution is 0.203. The number of carbonyl (C=O) groups excluding carboxylic acids is 1. The van der Waals surface area contributed by atoms with Gasteiger partial charge in [-0.1, -0.05) is 17.7 Å². The van der Waals surface area contributed by atoms with E-state index in [9.17, 15) is 9.18 Å². The summed E-state index contributed by atoms with van der Waals surface area (Å²) in [7, 11) is 3.51. The summed E-state index contributed by atoms with van der Waals surface area (Å²) in [6.45, 7) is 2.20. The summed E-state index contributed by atoms with van der Waals surface area (Å²) in [5.41, 5.74) is 1.47. The van der Waals surface area contributed by atoms with Crippen LogP contribution >= 0.6 is 11.6 Å². The summed E-state index contributed by atoms with van der Waals surface area (Å²) in [6, 6.07) is 5.40. The van der Waals surface area contributed by atoms with Gasteiger partial charge in [0, 0.05) is 25.3 Å². The summed E-state index contributed by atoms with van der Waals surface area (Å²) in [4.78, 5) is 13.7. The van der Waals surface area contributed by atoms with Gasteiger partial charge in [0.05, 0.1) is 18.3 Å². The molecule has 2 aromatic rings. The first kappa shape index (κ1) is 16.3. The van der Waals surface area contributed by atoms with E-state index < -0.39 is 5.82 Å². The predicted octanol–water partition coefficient (Wildman–Crippen LogP) is 3.12. The Hall–Kier alpha value is -2.08. The molecule has 118 valence electrons. The van der Waals surface area contributed by atoms with Crippen molar-refractivity contribution in [1.29, 1.82) is 0 Å². The molecule has 22 heavy (non-hydrogen) atoms. The monoisotopic (exact) mass is 324 g/mol. The van der Waals surface area contributed by atoms with E-state index in [1.165, 1.54) is 17.0 Å². The maximum absolute atomic E-state index is 13.1. The zero-order valence-electron chi connectivity index (χ0n) is 12.7. The van der Waals surface area contributed by atoms with E-state index in [0.717, 1.165) is 5.69 Å². The third kappa shape index (κ3) is 3.98. The minimum absolute atomic E-state index is 0.251. The standard InChI is InChI=1S/C15H18ClFN4O/c1-10(13-5-4-11(17)8-14(13)16)18-15(22)20(2)9-12-6-7-21(3)19-12/h4-8,10H,9H2,1-3H3,(H,18,22)/t10-/m1/s1. The van der Waals surface area contributed by atoms with Crippen molar-refractivity contribution < 1.29 is 9.18 Å². The van der Waals surface area contributed by atoms with Crippen LogP contribution in [0, 0.1) is 5.82 Å². The molecule has 0 spiro atoms. The van der Waals surface area contributed by atoms with Crippen LogP contribution in [0.25, 0.3) is 0 Å². The van der Waals surface area contributed by atoms with Crippen molar-refractivity contribution in [1.82, 2.24) is 20.0 Å². The van der Waals surface area contributed by atoms with E-state index >= 15 is 0 Å². The van der Waals surface area contributed by atoms with Crippen molar-refractivity contribution >= 4 is 17.6 Å². The summed E-state index contributed by atoms with van der Waals surface area (Å²) < 4.78 is 14.7. The Morgan fingerprint density at radius 2 is 2.23 bits per heavy atom. The lowest BCUT2D eigenvalue weighted by Gasteiger charge is -2.21. The van der Waals surface area contributed by atoms with Crippen molar-refractivity contribution in [3.05, 3.63) is 52.6 Å². The highest BCUT2D eigenvalue weighted by molar-refractivity contribution is 6.31. The largest absolute Gasteiger partial charge is 0.331 e. The Morgan fingerprint density at radius 3 is 2.82 bits per heavy atom. The molecular weight excluding hydrogens is 307 g/mol. The van der Waals surface area contributed by atoms with E-state index in [2.05, 4.69) is 10.4 Å². The molecule has 1 atom stereocenters. The van der Waals surface area contributed by atoms with Crippen LogP contribution in [0.3, 0.4) is 0 Å². The Labute approximate surface area is 133 Å². The molecule has 1 N–H and O–H groups in total. The maximum Gasteiger partial charge on any atom is 0.317 e. The molecule has 0 aliphatic rings. The minimum Gasteiger partial charge on any atom is -0.331 e. The van der Waals surface area contributed by atoms with Gasteiger partial charge in [-0.3, -0.25) is 4.68 Å². The van der Waals surface area contributed by atoms with Gasteiger partial charge in [-0.25, -0.2) is 9.18 Å². The van der Waals surface area contributed by atoms with Gasteiger partial charge in [0.25, 0.3) is 0 Å². The fourth-order valence-corrected chi connectivity index (χ4v) is 2.42. The SMILES string of the molecule is C[C@@H](NC(=O)N(C)Cc1ccn(C)n1)c1ccc(F)cc1Cl. The minimum atomic E-state index is -0.403. The zero-order valence-corrected chi connectivity index (χ0v) is 13.4. The Bertz CT molecular complexity index is 673. The van der Waals surface area contributed by atoms with Crippen molar-refractivity contribution in [2.24, 2.45) is 7.05 Å². The molecule has 5 nitrogen and oxygen atoms in total. The molecule has 7 heteroatoms. The normalized spacial score (nSPS) is 12.0. The molecular formula is C15H18ClFN4O. The third-order valence-electron chi connectivity index (χ3n) is 3.28. The average molecular weight is 325 g/mol. The number of nitrogens with one attached hydrogen (secondary N) is 1. The molecule has 1 heterocycles. The van der Waals surface area contributed by atoms with E-state index in [-0.39, 0.29) is 12.1 Å². The van der Waals surface area contributed by atoms with Crippen LogP contribution in [0.15, 0.2) is 30.5 Å². The number of amides is 2. The van der Waals surface area contributed by atoms with E-state index in [0.29, 0.717) is 17.1 Å². The highest BCUT2D eigenvalue weighted by atomic mass is 35.5. The molecule has 0 radical (unpaired) electrons. The number of nitrogens with zero attached hydrogens (tertiary/aromatic N) is 3. The number of urea groups is 1. The van der Waals surface area contributed by atoms with Gasteiger partial charge in [-0.05, 0) is 30.7 Å². The fraction of sp³-hybridized carbons (Fsp3) is 0.333. The van der Waals surface area contributed by atoms with Gasteiger partial charge in [-0.15, -0.1) is 0 Å². The molecule has 0 saturated carbocycles. The second-order valence-corrected chi connectivity index (χ2v) is 5.58. The van der Waals surface area contributed by atoms with Crippen LogP contribution in [0.1, 0.15) is 24.2 Å². The first-order valence-electron chi connectivity index (χ1n) is 6.82. The second kappa shape index (κ2) is 6.79. The number of aryl methyl sites for hydroxylation is 1. The number of halogens is 2. The second-order valence-electron chi connectivity index (χ2n) is 5.17. The molecule has 0 bridgehead atoms. The number of rotatable bonds is 4. The number of hydrogen-bond donors (Lipinski definition) is 1. The first-order chi connectivity index (χ1) is 10.4. The van der Waals surface area contributed by atoms with Crippen molar-refractivity contribution in [3.63, 3.8) is 0 Å². The molecule has 1 aromatic carbocycles. The van der Waals surface area contributed by atoms with Crippen molar-refractivity contribution in [2.45, 2.75) is 19.5 Å². The third-order valence-corrected chi connectivity index (χ3v) is 3.61. The summed E-state index contributed by atoms with van der Waals surface area (Å²) >= 11 is 6.00. The van der Waals surface area contributed by atoms with Gasteiger partial charge in [0.2, 0.25) is 0 Å². The predicted molar refractivity (Wildman–Crippen MR) is 83.0 cm³/mol. The lowest BCUT2D eigenvalue weighted by atomic mass is 10.1. The van der Waals surface area contributed by atoms with Crippen LogP contribution in [0.4, 0.5) is 9.18 Å². The van der Waals surface area contributed by atoms with Crippen LogP contribution in [-0.2, 0) is 13.6 Å². The molecule has 1 aromatic heterocycles. The van der Waals surface area contributed by atoms with Gasteiger partial charge in [-0.2, -0.15) is 5.10 Å². The lowest BCUT2D eigenvalue weighted by Crippen LogP contribution is -2.38. The van der Waals surface area contributed by atoms with Gasteiger partial charge in [0.15, 0.2) is 0 Å². The highest BCUT2D eigenvalue weighted by Gasteiger charge is 2.16. The number of hydrogen-bond acceptors (Lipinski definition) is 2. The molecule has 0 saturated heterocycles. The summed E-state index contributed by atoms with van der Waals surface area (Å²) in [5, 5.41) is 7.35. The molecule has 2 rings (SSSR count). The summed E-state index contributed by atoms with van der Waals surface area (Å²) in [5.74, 6) is -0.403. The van der Waals surface area contributed by atoms with Crippen LogP contribution in [-0.4, -0.2) is 27.8 Å². The van der Waals surface area contributed by atoms with Crippen LogP contribution in [0.2, 0.25) is 5.02 Å². The molecule has 2 amide bonds. The quantitative estimate of drug-likeness (QED) is 0.939. The smallest absolute Gasteiger partial charge is 0.317 e. The zero-order chi connectivity index (χ0) is 16.3. The molecule has 0 aliphatic carbocycles. The topological polar surface area (TPSA) is 50.2 Å². The fourth-order valence-electron chi connectivity index (χ4n) is 2.09. The van der Waals surface area contributed by atoms with Crippen LogP contribution in [0.5, 0.6) is 0 Å². The number of carbonyl (C=O) groups is 1. The van der Waals surface area contributed by atoms with E-state index in [1.807, 2.05) is 19.3 Å². The van der Waals surface area contributed by atoms with E-state index in [4.69, 9.17) is 11.6 Å². The van der Waals surface area contributed by atoms with Crippen LogP contribution < -0.4 is 5.32 Å². The van der Waals surface area contributed by atoms with Gasteiger partial charge >= 0.3 is 6.03 Å². The van der Waals surface area contributed by atoms with Gasteiger partial charge in [0.1, 0.15) is 5.82 Å². The average Bonchev–Trinajstić information content (AvgIpc) is 2.83. The molecule has 0 unspecified atom stereocenters. The van der Waals surface area contributed by atoms with E-state index in [1.54, 1.807) is 24.7 Å². The first-order valence-corrected chi connectivity index (χ1v) is 7.19. The number of aromatic nitrogens is 2. The Balaban J connectivity index is 1.98. The van der Waals surface area contributed by atoms with Crippen molar-refractivity contribution in [2.75, 3.05) is 7.05 Å². The number of benzene rings is 1. The molecule has 0 fully saturated rings. The molecule has 0 aliphatic heterocycles.